The van der Waals surface area contributed by atoms with Gasteiger partial charge in [-0.3, -0.25) is 19.3 Å². The fourth-order valence-electron chi connectivity index (χ4n) is 3.34. The first-order valence-electron chi connectivity index (χ1n) is 8.60. The van der Waals surface area contributed by atoms with Crippen LogP contribution in [0.4, 0.5) is 4.79 Å². The third-order valence-electron chi connectivity index (χ3n) is 4.70. The van der Waals surface area contributed by atoms with Crippen LogP contribution < -0.4 is 10.1 Å². The number of imide groups is 1. The second kappa shape index (κ2) is 7.08. The van der Waals surface area contributed by atoms with Crippen LogP contribution in [0.25, 0.3) is 0 Å². The summed E-state index contributed by atoms with van der Waals surface area (Å²) in [6.07, 6.45) is 0.261. The third kappa shape index (κ3) is 3.03. The average Bonchev–Trinajstić information content (AvgIpc) is 3.31. The predicted molar refractivity (Wildman–Crippen MR) is 98.1 cm³/mol. The average molecular weight is 400 g/mol. The van der Waals surface area contributed by atoms with Crippen molar-refractivity contribution in [1.82, 2.24) is 10.2 Å². The summed E-state index contributed by atoms with van der Waals surface area (Å²) in [5, 5.41) is 4.45. The minimum absolute atomic E-state index is 0.261. The summed E-state index contributed by atoms with van der Waals surface area (Å²) in [5.74, 6) is -1.18. The molecule has 1 aromatic heterocycles. The second-order valence-electron chi connectivity index (χ2n) is 6.38. The maximum absolute atomic E-state index is 13.0. The molecule has 1 saturated heterocycles. The van der Waals surface area contributed by atoms with Crippen LogP contribution in [0.1, 0.15) is 21.7 Å². The van der Waals surface area contributed by atoms with E-state index < -0.39 is 36.6 Å². The number of urea groups is 1. The van der Waals surface area contributed by atoms with E-state index in [0.29, 0.717) is 16.2 Å². The Morgan fingerprint density at radius 3 is 2.82 bits per heavy atom. The second-order valence-corrected chi connectivity index (χ2v) is 7.33. The predicted octanol–water partition coefficient (Wildman–Crippen LogP) is 1.70. The number of ketones is 1. The molecule has 0 radical (unpaired) electrons. The highest BCUT2D eigenvalue weighted by Crippen LogP contribution is 2.40. The van der Waals surface area contributed by atoms with Gasteiger partial charge in [-0.25, -0.2) is 4.79 Å². The number of thiophene rings is 1. The van der Waals surface area contributed by atoms with Crippen LogP contribution in [0.2, 0.25) is 0 Å². The molecule has 1 spiro atoms. The van der Waals surface area contributed by atoms with Gasteiger partial charge in [0.25, 0.3) is 5.91 Å². The van der Waals surface area contributed by atoms with Gasteiger partial charge in [0.2, 0.25) is 5.78 Å². The van der Waals surface area contributed by atoms with E-state index >= 15 is 0 Å². The van der Waals surface area contributed by atoms with Crippen LogP contribution in [0.5, 0.6) is 5.75 Å². The van der Waals surface area contributed by atoms with Crippen molar-refractivity contribution in [3.05, 3.63) is 52.2 Å². The summed E-state index contributed by atoms with van der Waals surface area (Å²) in [4.78, 5) is 50.8. The number of Topliss-reactive ketones (excluding diaryl/α,β-unsaturated/α-hetero) is 1. The van der Waals surface area contributed by atoms with Crippen molar-refractivity contribution in [1.29, 1.82) is 0 Å². The van der Waals surface area contributed by atoms with Crippen molar-refractivity contribution in [2.75, 3.05) is 19.8 Å². The van der Waals surface area contributed by atoms with Gasteiger partial charge in [0.1, 0.15) is 12.3 Å². The van der Waals surface area contributed by atoms with E-state index in [0.717, 1.165) is 4.90 Å². The van der Waals surface area contributed by atoms with E-state index in [1.54, 1.807) is 41.8 Å². The van der Waals surface area contributed by atoms with Crippen molar-refractivity contribution in [2.45, 2.75) is 12.0 Å². The Morgan fingerprint density at radius 2 is 2.04 bits per heavy atom. The van der Waals surface area contributed by atoms with Gasteiger partial charge in [0, 0.05) is 12.0 Å². The number of fused-ring (bicyclic) bond motifs is 2. The summed E-state index contributed by atoms with van der Waals surface area (Å²) in [6, 6.07) is 9.64. The number of para-hydroxylation sites is 1. The fourth-order valence-corrected chi connectivity index (χ4v) is 4.00. The van der Waals surface area contributed by atoms with Gasteiger partial charge in [0.05, 0.1) is 11.5 Å². The van der Waals surface area contributed by atoms with E-state index in [1.807, 2.05) is 0 Å². The lowest BCUT2D eigenvalue weighted by molar-refractivity contribution is -0.147. The summed E-state index contributed by atoms with van der Waals surface area (Å²) < 4.78 is 10.5. The molecule has 1 aromatic carbocycles. The molecular weight excluding hydrogens is 384 g/mol. The highest BCUT2D eigenvalue weighted by molar-refractivity contribution is 7.12. The molecule has 0 unspecified atom stereocenters. The molecule has 8 nitrogen and oxygen atoms in total. The molecule has 2 aromatic rings. The molecule has 3 heterocycles. The molecule has 0 bridgehead atoms. The molecule has 1 fully saturated rings. The number of ether oxygens (including phenoxy) is 2. The van der Waals surface area contributed by atoms with Gasteiger partial charge in [-0.2, -0.15) is 0 Å². The first-order chi connectivity index (χ1) is 13.5. The normalized spacial score (nSPS) is 20.5. The molecule has 144 valence electrons. The highest BCUT2D eigenvalue weighted by Gasteiger charge is 2.55. The number of carbonyl (C=O) groups excluding carboxylic acids is 4. The Hall–Kier alpha value is -3.20. The van der Waals surface area contributed by atoms with Gasteiger partial charge in [-0.05, 0) is 17.5 Å². The largest absolute Gasteiger partial charge is 0.493 e. The number of hydrogen-bond donors (Lipinski definition) is 1. The zero-order chi connectivity index (χ0) is 19.7. The number of hydrogen-bond acceptors (Lipinski definition) is 7. The molecule has 1 atom stereocenters. The van der Waals surface area contributed by atoms with Crippen LogP contribution in [0.15, 0.2) is 41.8 Å². The molecule has 3 amide bonds. The Bertz CT molecular complexity index is 957. The maximum Gasteiger partial charge on any atom is 0.326 e. The minimum Gasteiger partial charge on any atom is -0.493 e. The zero-order valence-corrected chi connectivity index (χ0v) is 15.5. The lowest BCUT2D eigenvalue weighted by Crippen LogP contribution is -2.47. The van der Waals surface area contributed by atoms with Crippen molar-refractivity contribution in [2.24, 2.45) is 0 Å². The lowest BCUT2D eigenvalue weighted by atomic mass is 9.84. The standard InChI is InChI=1S/C19H16N2O6S/c22-13(15-6-3-9-28-15)11-27-16(23)10-21-17(24)19(20-18(21)25)7-8-26-14-5-2-1-4-12(14)19/h1-6,9H,7-8,10-11H2,(H,20,25)/t19-/m1/s1. The smallest absolute Gasteiger partial charge is 0.326 e. The fraction of sp³-hybridized carbons (Fsp3) is 0.263. The summed E-state index contributed by atoms with van der Waals surface area (Å²) in [5.41, 5.74) is -0.692. The molecule has 1 N–H and O–H groups in total. The molecule has 0 aliphatic carbocycles. The topological polar surface area (TPSA) is 102 Å². The summed E-state index contributed by atoms with van der Waals surface area (Å²) in [6.45, 7) is -0.741. The molecule has 2 aliphatic heterocycles. The van der Waals surface area contributed by atoms with Crippen LogP contribution in [0, 0.1) is 0 Å². The molecule has 28 heavy (non-hydrogen) atoms. The minimum atomic E-state index is -1.25. The van der Waals surface area contributed by atoms with Crippen molar-refractivity contribution in [3.63, 3.8) is 0 Å². The molecule has 2 aliphatic rings. The van der Waals surface area contributed by atoms with Crippen LogP contribution in [-0.2, 0) is 19.9 Å². The first-order valence-corrected chi connectivity index (χ1v) is 9.48. The number of carbonyl (C=O) groups is 4. The Labute approximate surface area is 164 Å². The van der Waals surface area contributed by atoms with E-state index in [1.165, 1.54) is 11.3 Å². The first kappa shape index (κ1) is 18.2. The number of nitrogens with zero attached hydrogens (tertiary/aromatic N) is 1. The van der Waals surface area contributed by atoms with Gasteiger partial charge in [-0.15, -0.1) is 11.3 Å². The lowest BCUT2D eigenvalue weighted by Gasteiger charge is -2.33. The van der Waals surface area contributed by atoms with E-state index in [9.17, 15) is 19.2 Å². The van der Waals surface area contributed by atoms with Gasteiger partial charge in [0.15, 0.2) is 12.1 Å². The molecule has 0 saturated carbocycles. The molecule has 4 rings (SSSR count). The van der Waals surface area contributed by atoms with E-state index in [4.69, 9.17) is 9.47 Å². The number of amides is 3. The van der Waals surface area contributed by atoms with Crippen molar-refractivity contribution < 1.29 is 28.7 Å². The number of esters is 1. The van der Waals surface area contributed by atoms with Crippen LogP contribution >= 0.6 is 11.3 Å². The Kier molecular flexibility index (Phi) is 4.60. The number of rotatable bonds is 5. The SMILES string of the molecule is O=C(CN1C(=O)N[C@@]2(CCOc3ccccc32)C1=O)OCC(=O)c1cccs1. The van der Waals surface area contributed by atoms with Crippen molar-refractivity contribution >= 4 is 35.0 Å². The Balaban J connectivity index is 1.45. The van der Waals surface area contributed by atoms with E-state index in [2.05, 4.69) is 5.32 Å². The van der Waals surface area contributed by atoms with Gasteiger partial charge in [-0.1, -0.05) is 24.3 Å². The van der Waals surface area contributed by atoms with Gasteiger partial charge >= 0.3 is 12.0 Å². The summed E-state index contributed by atoms with van der Waals surface area (Å²) in [7, 11) is 0. The zero-order valence-electron chi connectivity index (χ0n) is 14.7. The molecule has 9 heteroatoms. The number of nitrogens with one attached hydrogen (secondary N) is 1. The van der Waals surface area contributed by atoms with Gasteiger partial charge < -0.3 is 14.8 Å². The monoisotopic (exact) mass is 400 g/mol. The maximum atomic E-state index is 13.0. The third-order valence-corrected chi connectivity index (χ3v) is 5.62. The highest BCUT2D eigenvalue weighted by atomic mass is 32.1. The number of benzene rings is 1. The van der Waals surface area contributed by atoms with Crippen LogP contribution in [-0.4, -0.2) is 48.3 Å². The molecular formula is C19H16N2O6S. The van der Waals surface area contributed by atoms with Crippen molar-refractivity contribution in [3.8, 4) is 5.75 Å². The van der Waals surface area contributed by atoms with E-state index in [-0.39, 0.29) is 18.8 Å². The van der Waals surface area contributed by atoms with Crippen LogP contribution in [0.3, 0.4) is 0 Å². The summed E-state index contributed by atoms with van der Waals surface area (Å²) >= 11 is 1.24. The quantitative estimate of drug-likeness (QED) is 0.466. The Morgan fingerprint density at radius 1 is 1.21 bits per heavy atom.